The van der Waals surface area contributed by atoms with E-state index in [1.807, 2.05) is 30.3 Å². The molecule has 0 unspecified atom stereocenters. The van der Waals surface area contributed by atoms with Gasteiger partial charge in [0.25, 0.3) is 0 Å². The molecule has 0 radical (unpaired) electrons. The molecule has 1 aromatic rings. The van der Waals surface area contributed by atoms with Crippen LogP contribution in [0.2, 0.25) is 0 Å². The number of nitrogens with zero attached hydrogens (tertiary/aromatic N) is 1. The number of thiocarbonyl (C=S) groups is 1. The number of hydrogen-bond donors (Lipinski definition) is 3. The lowest BCUT2D eigenvalue weighted by molar-refractivity contribution is -0.120. The zero-order valence-electron chi connectivity index (χ0n) is 12.3. The van der Waals surface area contributed by atoms with Crippen molar-refractivity contribution in [1.82, 2.24) is 10.7 Å². The normalized spacial score (nSPS) is 11.0. The molecule has 0 spiro atoms. The second-order valence-electron chi connectivity index (χ2n) is 4.60. The van der Waals surface area contributed by atoms with Crippen molar-refractivity contribution in [1.29, 1.82) is 0 Å². The molecular formula is C15H22N4OS. The number of benzene rings is 1. The Morgan fingerprint density at radius 1 is 1.29 bits per heavy atom. The van der Waals surface area contributed by atoms with Gasteiger partial charge in [-0.3, -0.25) is 10.2 Å². The molecule has 5 nitrogen and oxygen atoms in total. The summed E-state index contributed by atoms with van der Waals surface area (Å²) in [5.41, 5.74) is 9.68. The van der Waals surface area contributed by atoms with E-state index in [4.69, 9.17) is 18.0 Å². The Bertz CT molecular complexity index is 488. The van der Waals surface area contributed by atoms with Crippen LogP contribution in [0.5, 0.6) is 0 Å². The van der Waals surface area contributed by atoms with E-state index < -0.39 is 0 Å². The molecule has 0 bridgehead atoms. The molecule has 0 aliphatic carbocycles. The molecule has 1 rings (SSSR count). The van der Waals surface area contributed by atoms with Gasteiger partial charge in [-0.05, 0) is 24.2 Å². The van der Waals surface area contributed by atoms with Gasteiger partial charge in [0.05, 0.1) is 5.71 Å². The topological polar surface area (TPSA) is 79.5 Å². The van der Waals surface area contributed by atoms with Crippen LogP contribution >= 0.6 is 12.2 Å². The van der Waals surface area contributed by atoms with Crippen molar-refractivity contribution < 1.29 is 4.79 Å². The number of hydrogen-bond acceptors (Lipinski definition) is 3. The lowest BCUT2D eigenvalue weighted by Gasteiger charge is -2.08. The summed E-state index contributed by atoms with van der Waals surface area (Å²) in [6.07, 6.45) is 2.97. The molecular weight excluding hydrogens is 284 g/mol. The number of hydrazone groups is 1. The first kappa shape index (κ1) is 17.1. The van der Waals surface area contributed by atoms with Crippen molar-refractivity contribution in [2.45, 2.75) is 32.6 Å². The summed E-state index contributed by atoms with van der Waals surface area (Å²) < 4.78 is 0. The average molecular weight is 306 g/mol. The Balaban J connectivity index is 2.60. The molecule has 0 saturated heterocycles. The van der Waals surface area contributed by atoms with Crippen LogP contribution in [0.25, 0.3) is 0 Å². The van der Waals surface area contributed by atoms with Crippen LogP contribution in [0.4, 0.5) is 0 Å². The summed E-state index contributed by atoms with van der Waals surface area (Å²) in [4.78, 5) is 11.8. The highest BCUT2D eigenvalue weighted by Crippen LogP contribution is 2.06. The van der Waals surface area contributed by atoms with Crippen LogP contribution in [0.3, 0.4) is 0 Å². The third-order valence-corrected chi connectivity index (χ3v) is 2.94. The molecule has 1 amide bonds. The van der Waals surface area contributed by atoms with Crippen LogP contribution in [-0.4, -0.2) is 23.3 Å². The summed E-state index contributed by atoms with van der Waals surface area (Å²) in [5.74, 6) is 0.0300. The van der Waals surface area contributed by atoms with E-state index in [0.29, 0.717) is 12.8 Å². The van der Waals surface area contributed by atoms with Crippen LogP contribution in [0, 0.1) is 0 Å². The van der Waals surface area contributed by atoms with Gasteiger partial charge in [-0.15, -0.1) is 0 Å². The second kappa shape index (κ2) is 9.88. The molecule has 4 N–H and O–H groups in total. The highest BCUT2D eigenvalue weighted by molar-refractivity contribution is 7.80. The molecule has 0 aliphatic heterocycles. The molecule has 0 aromatic heterocycles. The van der Waals surface area contributed by atoms with Crippen LogP contribution < -0.4 is 16.5 Å². The maximum Gasteiger partial charge on any atom is 0.220 e. The van der Waals surface area contributed by atoms with E-state index in [2.05, 4.69) is 22.8 Å². The SMILES string of the molecule is CCCCNC(=O)CCC(=NNC(N)=S)c1ccccc1. The largest absolute Gasteiger partial charge is 0.375 e. The van der Waals surface area contributed by atoms with E-state index >= 15 is 0 Å². The van der Waals surface area contributed by atoms with Crippen molar-refractivity contribution in [3.63, 3.8) is 0 Å². The number of unbranched alkanes of at least 4 members (excludes halogenated alkanes) is 1. The summed E-state index contributed by atoms with van der Waals surface area (Å²) in [7, 11) is 0. The van der Waals surface area contributed by atoms with E-state index in [1.165, 1.54) is 0 Å². The van der Waals surface area contributed by atoms with Gasteiger partial charge in [0.1, 0.15) is 0 Å². The Morgan fingerprint density at radius 2 is 2.00 bits per heavy atom. The van der Waals surface area contributed by atoms with Gasteiger partial charge in [0.2, 0.25) is 5.91 Å². The van der Waals surface area contributed by atoms with Gasteiger partial charge in [0, 0.05) is 19.4 Å². The predicted molar refractivity (Wildman–Crippen MR) is 90.1 cm³/mol. The Morgan fingerprint density at radius 3 is 2.62 bits per heavy atom. The first-order chi connectivity index (χ1) is 10.1. The molecule has 0 fully saturated rings. The highest BCUT2D eigenvalue weighted by atomic mass is 32.1. The number of nitrogens with one attached hydrogen (secondary N) is 2. The van der Waals surface area contributed by atoms with Crippen molar-refractivity contribution in [2.75, 3.05) is 6.54 Å². The minimum absolute atomic E-state index is 0.0300. The molecule has 0 atom stereocenters. The van der Waals surface area contributed by atoms with Crippen molar-refractivity contribution in [2.24, 2.45) is 10.8 Å². The minimum Gasteiger partial charge on any atom is -0.375 e. The van der Waals surface area contributed by atoms with Crippen LogP contribution in [0.1, 0.15) is 38.2 Å². The van der Waals surface area contributed by atoms with Gasteiger partial charge in [0.15, 0.2) is 5.11 Å². The number of nitrogens with two attached hydrogens (primary N) is 1. The lowest BCUT2D eigenvalue weighted by atomic mass is 10.1. The van der Waals surface area contributed by atoms with Crippen molar-refractivity contribution in [3.8, 4) is 0 Å². The molecule has 0 heterocycles. The fourth-order valence-corrected chi connectivity index (χ4v) is 1.79. The zero-order chi connectivity index (χ0) is 15.5. The Kier molecular flexibility index (Phi) is 8.04. The maximum atomic E-state index is 11.8. The third kappa shape index (κ3) is 7.41. The lowest BCUT2D eigenvalue weighted by Crippen LogP contribution is -2.27. The Labute approximate surface area is 131 Å². The Hall–Kier alpha value is -1.95. The maximum absolute atomic E-state index is 11.8. The number of rotatable bonds is 8. The third-order valence-electron chi connectivity index (χ3n) is 2.85. The molecule has 6 heteroatoms. The van der Waals surface area contributed by atoms with Gasteiger partial charge in [-0.25, -0.2) is 0 Å². The zero-order valence-corrected chi connectivity index (χ0v) is 13.1. The van der Waals surface area contributed by atoms with Gasteiger partial charge in [-0.1, -0.05) is 43.7 Å². The minimum atomic E-state index is 0.0300. The summed E-state index contributed by atoms with van der Waals surface area (Å²) in [6, 6.07) is 9.66. The summed E-state index contributed by atoms with van der Waals surface area (Å²) in [5, 5.41) is 7.18. The fourth-order valence-electron chi connectivity index (χ4n) is 1.74. The van der Waals surface area contributed by atoms with E-state index in [9.17, 15) is 4.79 Å². The van der Waals surface area contributed by atoms with Crippen LogP contribution in [0.15, 0.2) is 35.4 Å². The van der Waals surface area contributed by atoms with E-state index in [-0.39, 0.29) is 11.0 Å². The standard InChI is InChI=1S/C15H22N4OS/c1-2-3-11-17-14(20)10-9-13(18-19-15(16)21)12-7-5-4-6-8-12/h4-8H,2-3,9-11H2,1H3,(H,17,20)(H3,16,19,21). The first-order valence-corrected chi connectivity index (χ1v) is 7.48. The molecule has 0 aliphatic rings. The fraction of sp³-hybridized carbons (Fsp3) is 0.400. The van der Waals surface area contributed by atoms with E-state index in [0.717, 1.165) is 30.7 Å². The van der Waals surface area contributed by atoms with Crippen molar-refractivity contribution >= 4 is 28.9 Å². The first-order valence-electron chi connectivity index (χ1n) is 7.07. The molecule has 1 aromatic carbocycles. The number of carbonyl (C=O) groups excluding carboxylic acids is 1. The molecule has 114 valence electrons. The predicted octanol–water partition coefficient (Wildman–Crippen LogP) is 1.92. The van der Waals surface area contributed by atoms with Gasteiger partial charge >= 0.3 is 0 Å². The summed E-state index contributed by atoms with van der Waals surface area (Å²) in [6.45, 7) is 2.81. The highest BCUT2D eigenvalue weighted by Gasteiger charge is 2.07. The van der Waals surface area contributed by atoms with Gasteiger partial charge < -0.3 is 11.1 Å². The monoisotopic (exact) mass is 306 g/mol. The van der Waals surface area contributed by atoms with E-state index in [1.54, 1.807) is 0 Å². The number of carbonyl (C=O) groups is 1. The molecule has 0 saturated carbocycles. The second-order valence-corrected chi connectivity index (χ2v) is 5.04. The molecule has 21 heavy (non-hydrogen) atoms. The van der Waals surface area contributed by atoms with Gasteiger partial charge in [-0.2, -0.15) is 5.10 Å². The summed E-state index contributed by atoms with van der Waals surface area (Å²) >= 11 is 4.75. The van der Waals surface area contributed by atoms with Crippen LogP contribution in [-0.2, 0) is 4.79 Å². The quantitative estimate of drug-likeness (QED) is 0.297. The average Bonchev–Trinajstić information content (AvgIpc) is 2.48. The number of amides is 1. The smallest absolute Gasteiger partial charge is 0.220 e. The van der Waals surface area contributed by atoms with Crippen molar-refractivity contribution in [3.05, 3.63) is 35.9 Å².